The molecule has 1 aromatic rings. The summed E-state index contributed by atoms with van der Waals surface area (Å²) in [6.07, 6.45) is 0. The molecule has 0 aromatic heterocycles. The van der Waals surface area contributed by atoms with Gasteiger partial charge in [-0.05, 0) is 43.2 Å². The summed E-state index contributed by atoms with van der Waals surface area (Å²) in [6.45, 7) is 3.22. The highest BCUT2D eigenvalue weighted by Crippen LogP contribution is 2.30. The Bertz CT molecular complexity index is 777. The van der Waals surface area contributed by atoms with Gasteiger partial charge in [-0.15, -0.1) is 0 Å². The minimum Gasteiger partial charge on any atom is -0.495 e. The van der Waals surface area contributed by atoms with Crippen molar-refractivity contribution < 1.29 is 14.3 Å². The lowest BCUT2D eigenvalue weighted by Crippen LogP contribution is -2.19. The zero-order chi connectivity index (χ0) is 17.3. The lowest BCUT2D eigenvalue weighted by atomic mass is 9.96. The second-order valence-corrected chi connectivity index (χ2v) is 5.99. The number of ether oxygens (including phenoxy) is 1. The molecule has 23 heavy (non-hydrogen) atoms. The van der Waals surface area contributed by atoms with E-state index in [0.29, 0.717) is 21.9 Å². The SMILES string of the molecule is COc1ccc(C(=O)N=C2C(C)=C(Cl)C(=O)C(Cl)=C2C)cc1Cl. The number of ketones is 1. The van der Waals surface area contributed by atoms with E-state index < -0.39 is 11.7 Å². The standard InChI is InChI=1S/C16H12Cl3NO3/c1-7-12(18)15(21)13(19)8(2)14(7)20-16(22)9-4-5-11(23-3)10(17)6-9/h4-6H,1-3H3. The number of aliphatic imine (C=N–C) groups is 1. The number of carbonyl (C=O) groups excluding carboxylic acids is 2. The van der Waals surface area contributed by atoms with E-state index in [4.69, 9.17) is 39.5 Å². The fourth-order valence-electron chi connectivity index (χ4n) is 2.06. The van der Waals surface area contributed by atoms with Gasteiger partial charge in [0.2, 0.25) is 5.78 Å². The van der Waals surface area contributed by atoms with Crippen LogP contribution in [0.25, 0.3) is 0 Å². The fraction of sp³-hybridized carbons (Fsp3) is 0.188. The zero-order valence-electron chi connectivity index (χ0n) is 12.5. The van der Waals surface area contributed by atoms with Gasteiger partial charge in [0, 0.05) is 5.56 Å². The van der Waals surface area contributed by atoms with Gasteiger partial charge in [-0.3, -0.25) is 9.59 Å². The molecule has 1 aromatic carbocycles. The molecular weight excluding hydrogens is 361 g/mol. The highest BCUT2D eigenvalue weighted by molar-refractivity contribution is 6.59. The molecule has 0 spiro atoms. The summed E-state index contributed by atoms with van der Waals surface area (Å²) in [6, 6.07) is 4.58. The Balaban J connectivity index is 2.47. The van der Waals surface area contributed by atoms with Crippen LogP contribution >= 0.6 is 34.8 Å². The van der Waals surface area contributed by atoms with Gasteiger partial charge in [0.05, 0.1) is 27.9 Å². The first kappa shape index (κ1) is 17.7. The molecule has 4 nitrogen and oxygen atoms in total. The van der Waals surface area contributed by atoms with Crippen molar-refractivity contribution in [2.24, 2.45) is 4.99 Å². The van der Waals surface area contributed by atoms with Crippen molar-refractivity contribution >= 4 is 52.2 Å². The van der Waals surface area contributed by atoms with Crippen LogP contribution in [0.2, 0.25) is 5.02 Å². The lowest BCUT2D eigenvalue weighted by Gasteiger charge is -2.16. The van der Waals surface area contributed by atoms with Crippen LogP contribution in [0.3, 0.4) is 0 Å². The number of rotatable bonds is 2. The summed E-state index contributed by atoms with van der Waals surface area (Å²) in [4.78, 5) is 28.2. The number of hydrogen-bond acceptors (Lipinski definition) is 3. The normalized spacial score (nSPS) is 15.2. The van der Waals surface area contributed by atoms with E-state index in [1.165, 1.54) is 13.2 Å². The maximum absolute atomic E-state index is 12.3. The van der Waals surface area contributed by atoms with Crippen LogP contribution in [0.4, 0.5) is 0 Å². The first-order valence-electron chi connectivity index (χ1n) is 6.52. The molecule has 1 aliphatic carbocycles. The quantitative estimate of drug-likeness (QED) is 0.716. The van der Waals surface area contributed by atoms with Crippen molar-refractivity contribution in [2.45, 2.75) is 13.8 Å². The minimum absolute atomic E-state index is 0.0417. The van der Waals surface area contributed by atoms with Gasteiger partial charge in [0.25, 0.3) is 5.91 Å². The number of amides is 1. The second-order valence-electron chi connectivity index (χ2n) is 4.82. The molecule has 0 radical (unpaired) electrons. The fourth-order valence-corrected chi connectivity index (χ4v) is 2.73. The molecule has 0 saturated carbocycles. The van der Waals surface area contributed by atoms with E-state index in [-0.39, 0.29) is 21.3 Å². The summed E-state index contributed by atoms with van der Waals surface area (Å²) < 4.78 is 5.04. The van der Waals surface area contributed by atoms with Crippen molar-refractivity contribution in [3.8, 4) is 5.75 Å². The number of Topliss-reactive ketones (excluding diaryl/α,β-unsaturated/α-hetero) is 1. The molecule has 7 heteroatoms. The van der Waals surface area contributed by atoms with Gasteiger partial charge in [0.1, 0.15) is 5.75 Å². The molecule has 0 fully saturated rings. The topological polar surface area (TPSA) is 55.7 Å². The van der Waals surface area contributed by atoms with Crippen LogP contribution in [0.15, 0.2) is 44.4 Å². The van der Waals surface area contributed by atoms with Crippen molar-refractivity contribution in [2.75, 3.05) is 7.11 Å². The molecule has 0 aliphatic heterocycles. The predicted octanol–water partition coefficient (Wildman–Crippen LogP) is 4.54. The summed E-state index contributed by atoms with van der Waals surface area (Å²) in [7, 11) is 1.48. The number of nitrogens with zero attached hydrogens (tertiary/aromatic N) is 1. The number of methoxy groups -OCH3 is 1. The highest BCUT2D eigenvalue weighted by Gasteiger charge is 2.27. The molecular formula is C16H12Cl3NO3. The Kier molecular flexibility index (Phi) is 5.30. The molecule has 120 valence electrons. The molecule has 0 unspecified atom stereocenters. The zero-order valence-corrected chi connectivity index (χ0v) is 14.8. The number of halogens is 3. The van der Waals surface area contributed by atoms with E-state index in [0.717, 1.165) is 0 Å². The van der Waals surface area contributed by atoms with Crippen molar-refractivity contribution in [3.63, 3.8) is 0 Å². The maximum Gasteiger partial charge on any atom is 0.277 e. The second kappa shape index (κ2) is 6.87. The minimum atomic E-state index is -0.522. The number of allylic oxidation sites excluding steroid dienone is 4. The van der Waals surface area contributed by atoms with Gasteiger partial charge < -0.3 is 4.74 Å². The Morgan fingerprint density at radius 3 is 2.13 bits per heavy atom. The molecule has 0 atom stereocenters. The van der Waals surface area contributed by atoms with Crippen LogP contribution in [0.1, 0.15) is 24.2 Å². The monoisotopic (exact) mass is 371 g/mol. The molecule has 0 saturated heterocycles. The largest absolute Gasteiger partial charge is 0.495 e. The Morgan fingerprint density at radius 2 is 1.65 bits per heavy atom. The summed E-state index contributed by atoms with van der Waals surface area (Å²) in [5.41, 5.74) is 1.39. The van der Waals surface area contributed by atoms with Crippen LogP contribution in [0.5, 0.6) is 5.75 Å². The van der Waals surface area contributed by atoms with E-state index in [2.05, 4.69) is 4.99 Å². The molecule has 1 amide bonds. The Morgan fingerprint density at radius 1 is 1.09 bits per heavy atom. The highest BCUT2D eigenvalue weighted by atomic mass is 35.5. The van der Waals surface area contributed by atoms with Crippen molar-refractivity contribution in [3.05, 3.63) is 50.0 Å². The van der Waals surface area contributed by atoms with Gasteiger partial charge in [-0.25, -0.2) is 4.99 Å². The Hall–Kier alpha value is -1.62. The third-order valence-electron chi connectivity index (χ3n) is 3.38. The first-order valence-corrected chi connectivity index (χ1v) is 7.66. The van der Waals surface area contributed by atoms with Crippen molar-refractivity contribution in [1.29, 1.82) is 0 Å². The average molecular weight is 373 g/mol. The van der Waals surface area contributed by atoms with Crippen molar-refractivity contribution in [1.82, 2.24) is 0 Å². The summed E-state index contributed by atoms with van der Waals surface area (Å²) in [5, 5.41) is 0.216. The van der Waals surface area contributed by atoms with Crippen LogP contribution in [-0.2, 0) is 4.79 Å². The third kappa shape index (κ3) is 3.34. The number of benzene rings is 1. The molecule has 2 rings (SSSR count). The molecule has 0 bridgehead atoms. The van der Waals surface area contributed by atoms with Crippen LogP contribution in [-0.4, -0.2) is 24.5 Å². The number of hydrogen-bond donors (Lipinski definition) is 0. The van der Waals surface area contributed by atoms with Gasteiger partial charge in [-0.2, -0.15) is 0 Å². The van der Waals surface area contributed by atoms with E-state index in [1.807, 2.05) is 0 Å². The smallest absolute Gasteiger partial charge is 0.277 e. The van der Waals surface area contributed by atoms with E-state index in [9.17, 15) is 9.59 Å². The van der Waals surface area contributed by atoms with Gasteiger partial charge in [-0.1, -0.05) is 34.8 Å². The maximum atomic E-state index is 12.3. The van der Waals surface area contributed by atoms with E-state index in [1.54, 1.807) is 26.0 Å². The predicted molar refractivity (Wildman–Crippen MR) is 91.9 cm³/mol. The van der Waals surface area contributed by atoms with Crippen LogP contribution < -0.4 is 4.74 Å². The molecule has 0 heterocycles. The molecule has 0 N–H and O–H groups in total. The first-order chi connectivity index (χ1) is 10.8. The Labute approximate surface area is 148 Å². The number of carbonyl (C=O) groups is 2. The van der Waals surface area contributed by atoms with Gasteiger partial charge in [0.15, 0.2) is 0 Å². The lowest BCUT2D eigenvalue weighted by molar-refractivity contribution is -0.111. The summed E-state index contributed by atoms with van der Waals surface area (Å²) >= 11 is 17.9. The summed E-state index contributed by atoms with van der Waals surface area (Å²) in [5.74, 6) is -0.536. The van der Waals surface area contributed by atoms with E-state index >= 15 is 0 Å². The van der Waals surface area contributed by atoms with Gasteiger partial charge >= 0.3 is 0 Å². The third-order valence-corrected chi connectivity index (χ3v) is 4.59. The molecule has 1 aliphatic rings. The van der Waals surface area contributed by atoms with Crippen LogP contribution in [0, 0.1) is 0 Å². The average Bonchev–Trinajstić information content (AvgIpc) is 2.54.